The first-order valence-electron chi connectivity index (χ1n) is 7.56. The number of rotatable bonds is 5. The summed E-state index contributed by atoms with van der Waals surface area (Å²) in [6.07, 6.45) is 2.27. The second kappa shape index (κ2) is 6.55. The van der Waals surface area contributed by atoms with E-state index in [0.717, 1.165) is 39.1 Å². The minimum absolute atomic E-state index is 0.105. The lowest BCUT2D eigenvalue weighted by atomic mass is 9.87. The molecule has 5 nitrogen and oxygen atoms in total. The molecule has 112 valence electrons. The fourth-order valence-electron chi connectivity index (χ4n) is 3.20. The average Bonchev–Trinajstić information content (AvgIpc) is 3.06. The summed E-state index contributed by atoms with van der Waals surface area (Å²) >= 11 is 0. The predicted molar refractivity (Wildman–Crippen MR) is 76.0 cm³/mol. The van der Waals surface area contributed by atoms with Gasteiger partial charge >= 0.3 is 0 Å². The molecule has 0 aliphatic carbocycles. The fourth-order valence-corrected chi connectivity index (χ4v) is 3.20. The van der Waals surface area contributed by atoms with Crippen molar-refractivity contribution in [3.63, 3.8) is 0 Å². The third kappa shape index (κ3) is 3.50. The maximum Gasteiger partial charge on any atom is 0.236 e. The molecule has 20 heavy (non-hydrogen) atoms. The van der Waals surface area contributed by atoms with Gasteiger partial charge in [-0.05, 0) is 33.2 Å². The lowest BCUT2D eigenvalue weighted by molar-refractivity contribution is -0.132. The summed E-state index contributed by atoms with van der Waals surface area (Å²) < 4.78 is 5.51. The van der Waals surface area contributed by atoms with Crippen LogP contribution in [-0.2, 0) is 9.53 Å². The highest BCUT2D eigenvalue weighted by molar-refractivity contribution is 5.78. The van der Waals surface area contributed by atoms with Crippen molar-refractivity contribution in [1.29, 1.82) is 5.26 Å². The van der Waals surface area contributed by atoms with E-state index in [2.05, 4.69) is 11.0 Å². The van der Waals surface area contributed by atoms with Crippen LogP contribution in [0.5, 0.6) is 0 Å². The SMILES string of the molecule is CCN(CC(C)C#N)C(=O)CN1CCC2(CCOC2)C1. The van der Waals surface area contributed by atoms with Crippen LogP contribution in [0.25, 0.3) is 0 Å². The largest absolute Gasteiger partial charge is 0.381 e. The number of amides is 1. The Kier molecular flexibility index (Phi) is 5.00. The zero-order chi connectivity index (χ0) is 14.6. The molecule has 2 heterocycles. The Labute approximate surface area is 121 Å². The molecule has 0 aromatic heterocycles. The Morgan fingerprint density at radius 3 is 2.95 bits per heavy atom. The van der Waals surface area contributed by atoms with Crippen LogP contribution in [0.15, 0.2) is 0 Å². The third-order valence-corrected chi connectivity index (χ3v) is 4.51. The molecule has 0 bridgehead atoms. The smallest absolute Gasteiger partial charge is 0.236 e. The Morgan fingerprint density at radius 2 is 2.35 bits per heavy atom. The summed E-state index contributed by atoms with van der Waals surface area (Å²) in [7, 11) is 0. The predicted octanol–water partition coefficient (Wildman–Crippen LogP) is 1.11. The molecule has 2 unspecified atom stereocenters. The first kappa shape index (κ1) is 15.3. The summed E-state index contributed by atoms with van der Waals surface area (Å²) in [5.74, 6) is 0.0395. The number of nitrogens with zero attached hydrogens (tertiary/aromatic N) is 3. The highest BCUT2D eigenvalue weighted by Crippen LogP contribution is 2.37. The van der Waals surface area contributed by atoms with Crippen molar-refractivity contribution < 1.29 is 9.53 Å². The summed E-state index contributed by atoms with van der Waals surface area (Å²) in [4.78, 5) is 16.4. The molecule has 0 N–H and O–H groups in total. The molecule has 2 fully saturated rings. The molecular formula is C15H25N3O2. The molecule has 0 radical (unpaired) electrons. The lowest BCUT2D eigenvalue weighted by Gasteiger charge is -2.26. The van der Waals surface area contributed by atoms with E-state index in [9.17, 15) is 4.79 Å². The molecule has 1 spiro atoms. The molecule has 2 saturated heterocycles. The van der Waals surface area contributed by atoms with Gasteiger partial charge in [0, 0.05) is 31.7 Å². The van der Waals surface area contributed by atoms with Crippen molar-refractivity contribution in [3.8, 4) is 6.07 Å². The maximum atomic E-state index is 12.3. The average molecular weight is 279 g/mol. The van der Waals surface area contributed by atoms with Crippen molar-refractivity contribution in [2.75, 3.05) is 45.9 Å². The van der Waals surface area contributed by atoms with Gasteiger partial charge in [-0.2, -0.15) is 5.26 Å². The number of nitriles is 1. The molecule has 1 amide bonds. The molecule has 5 heteroatoms. The summed E-state index contributed by atoms with van der Waals surface area (Å²) in [5.41, 5.74) is 0.303. The lowest BCUT2D eigenvalue weighted by Crippen LogP contribution is -2.42. The summed E-state index contributed by atoms with van der Waals surface area (Å²) in [5, 5.41) is 8.87. The molecule has 2 rings (SSSR count). The van der Waals surface area contributed by atoms with Gasteiger partial charge in [0.05, 0.1) is 25.1 Å². The minimum atomic E-state index is -0.105. The van der Waals surface area contributed by atoms with E-state index in [-0.39, 0.29) is 11.8 Å². The van der Waals surface area contributed by atoms with Gasteiger partial charge in [0.15, 0.2) is 0 Å². The monoisotopic (exact) mass is 279 g/mol. The number of likely N-dealkylation sites (N-methyl/N-ethyl adjacent to an activating group) is 1. The van der Waals surface area contributed by atoms with Gasteiger partial charge < -0.3 is 9.64 Å². The molecule has 0 aromatic carbocycles. The number of carbonyl (C=O) groups excluding carboxylic acids is 1. The van der Waals surface area contributed by atoms with Gasteiger partial charge in [-0.25, -0.2) is 0 Å². The Balaban J connectivity index is 1.83. The van der Waals surface area contributed by atoms with Crippen LogP contribution in [0.1, 0.15) is 26.7 Å². The van der Waals surface area contributed by atoms with Gasteiger partial charge in [-0.1, -0.05) is 0 Å². The van der Waals surface area contributed by atoms with Crippen molar-refractivity contribution in [1.82, 2.24) is 9.80 Å². The van der Waals surface area contributed by atoms with Crippen LogP contribution < -0.4 is 0 Å². The molecule has 2 aliphatic rings. The first-order valence-corrected chi connectivity index (χ1v) is 7.56. The maximum absolute atomic E-state index is 12.3. The van der Waals surface area contributed by atoms with E-state index in [1.165, 1.54) is 0 Å². The third-order valence-electron chi connectivity index (χ3n) is 4.51. The van der Waals surface area contributed by atoms with E-state index < -0.39 is 0 Å². The van der Waals surface area contributed by atoms with E-state index >= 15 is 0 Å². The van der Waals surface area contributed by atoms with Gasteiger partial charge in [0.25, 0.3) is 0 Å². The molecular weight excluding hydrogens is 254 g/mol. The number of carbonyl (C=O) groups is 1. The summed E-state index contributed by atoms with van der Waals surface area (Å²) in [6, 6.07) is 2.19. The van der Waals surface area contributed by atoms with Crippen molar-refractivity contribution in [2.45, 2.75) is 26.7 Å². The van der Waals surface area contributed by atoms with Gasteiger partial charge in [0.2, 0.25) is 5.91 Å². The van der Waals surface area contributed by atoms with Crippen molar-refractivity contribution in [2.24, 2.45) is 11.3 Å². The van der Waals surface area contributed by atoms with Crippen LogP contribution >= 0.6 is 0 Å². The normalized spacial score (nSPS) is 27.6. The molecule has 0 aromatic rings. The zero-order valence-electron chi connectivity index (χ0n) is 12.6. The van der Waals surface area contributed by atoms with E-state index in [1.54, 1.807) is 4.90 Å². The minimum Gasteiger partial charge on any atom is -0.381 e. The standard InChI is InChI=1S/C15H25N3O2/c1-3-18(9-13(2)8-16)14(19)10-17-6-4-15(11-17)5-7-20-12-15/h13H,3-7,9-12H2,1-2H3. The molecule has 0 saturated carbocycles. The van der Waals surface area contributed by atoms with Crippen LogP contribution in [-0.4, -0.2) is 61.6 Å². The van der Waals surface area contributed by atoms with Crippen molar-refractivity contribution >= 4 is 5.91 Å². The number of likely N-dealkylation sites (tertiary alicyclic amines) is 1. The zero-order valence-corrected chi connectivity index (χ0v) is 12.6. The quantitative estimate of drug-likeness (QED) is 0.756. The van der Waals surface area contributed by atoms with Gasteiger partial charge in [0.1, 0.15) is 0 Å². The first-order chi connectivity index (χ1) is 9.58. The Hall–Kier alpha value is -1.12. The highest BCUT2D eigenvalue weighted by atomic mass is 16.5. The second-order valence-corrected chi connectivity index (χ2v) is 6.23. The molecule has 2 aliphatic heterocycles. The highest BCUT2D eigenvalue weighted by Gasteiger charge is 2.41. The second-order valence-electron chi connectivity index (χ2n) is 6.23. The number of hydrogen-bond acceptors (Lipinski definition) is 4. The topological polar surface area (TPSA) is 56.6 Å². The Morgan fingerprint density at radius 1 is 1.55 bits per heavy atom. The van der Waals surface area contributed by atoms with Crippen molar-refractivity contribution in [3.05, 3.63) is 0 Å². The fraction of sp³-hybridized carbons (Fsp3) is 0.867. The number of ether oxygens (including phenoxy) is 1. The van der Waals surface area contributed by atoms with Gasteiger partial charge in [-0.15, -0.1) is 0 Å². The van der Waals surface area contributed by atoms with E-state index in [1.807, 2.05) is 13.8 Å². The van der Waals surface area contributed by atoms with E-state index in [0.29, 0.717) is 25.0 Å². The molecule has 2 atom stereocenters. The van der Waals surface area contributed by atoms with Crippen LogP contribution in [0.3, 0.4) is 0 Å². The number of hydrogen-bond donors (Lipinski definition) is 0. The van der Waals surface area contributed by atoms with Crippen LogP contribution in [0, 0.1) is 22.7 Å². The van der Waals surface area contributed by atoms with Crippen LogP contribution in [0.2, 0.25) is 0 Å². The van der Waals surface area contributed by atoms with Gasteiger partial charge in [-0.3, -0.25) is 9.69 Å². The van der Waals surface area contributed by atoms with E-state index in [4.69, 9.17) is 10.00 Å². The Bertz CT molecular complexity index is 385. The van der Waals surface area contributed by atoms with Crippen LogP contribution in [0.4, 0.5) is 0 Å². The summed E-state index contributed by atoms with van der Waals surface area (Å²) in [6.45, 7) is 9.19.